The molecule has 1 aromatic heterocycles. The summed E-state index contributed by atoms with van der Waals surface area (Å²) in [5, 5.41) is 5.75. The Morgan fingerprint density at radius 2 is 2.07 bits per heavy atom. The van der Waals surface area contributed by atoms with Crippen molar-refractivity contribution in [1.82, 2.24) is 14.6 Å². The third kappa shape index (κ3) is 4.73. The standard InChI is InChI=1S/C18H23N3O4S2/c1-13(2)18-20-15(12-26-18)11-19-17(22)14-4-3-5-16(10-14)27(23,24)21-6-8-25-9-7-21/h3-5,10,12-13H,6-9,11H2,1-2H3,(H,19,22). The average Bonchev–Trinajstić information content (AvgIpc) is 3.16. The largest absolute Gasteiger partial charge is 0.379 e. The molecule has 0 radical (unpaired) electrons. The van der Waals surface area contributed by atoms with Crippen molar-refractivity contribution in [2.75, 3.05) is 26.3 Å². The predicted molar refractivity (Wildman–Crippen MR) is 103 cm³/mol. The van der Waals surface area contributed by atoms with E-state index in [1.54, 1.807) is 23.5 Å². The summed E-state index contributed by atoms with van der Waals surface area (Å²) in [6.07, 6.45) is 0. The molecule has 3 rings (SSSR count). The molecule has 2 aromatic rings. The summed E-state index contributed by atoms with van der Waals surface area (Å²) in [6.45, 7) is 5.85. The van der Waals surface area contributed by atoms with Crippen molar-refractivity contribution >= 4 is 27.3 Å². The molecule has 1 aliphatic heterocycles. The zero-order chi connectivity index (χ0) is 19.4. The first kappa shape index (κ1) is 19.9. The van der Waals surface area contributed by atoms with Crippen molar-refractivity contribution in [1.29, 1.82) is 0 Å². The van der Waals surface area contributed by atoms with Crippen LogP contribution in [0.4, 0.5) is 0 Å². The van der Waals surface area contributed by atoms with Gasteiger partial charge in [0.15, 0.2) is 0 Å². The normalized spacial score (nSPS) is 15.8. The number of hydrogen-bond acceptors (Lipinski definition) is 6. The zero-order valence-electron chi connectivity index (χ0n) is 15.3. The van der Waals surface area contributed by atoms with Crippen molar-refractivity contribution in [3.05, 3.63) is 45.9 Å². The fourth-order valence-electron chi connectivity index (χ4n) is 2.68. The summed E-state index contributed by atoms with van der Waals surface area (Å²) < 4.78 is 32.1. The minimum atomic E-state index is -3.63. The topological polar surface area (TPSA) is 88.6 Å². The van der Waals surface area contributed by atoms with E-state index in [2.05, 4.69) is 24.1 Å². The number of nitrogens with zero attached hydrogens (tertiary/aromatic N) is 2. The van der Waals surface area contributed by atoms with Crippen LogP contribution in [0.2, 0.25) is 0 Å². The molecule has 2 heterocycles. The number of carbonyl (C=O) groups is 1. The van der Waals surface area contributed by atoms with Crippen LogP contribution in [-0.2, 0) is 21.3 Å². The van der Waals surface area contributed by atoms with Crippen LogP contribution in [0, 0.1) is 0 Å². The molecule has 0 saturated carbocycles. The average molecular weight is 410 g/mol. The molecule has 1 aromatic carbocycles. The Morgan fingerprint density at radius 1 is 1.33 bits per heavy atom. The minimum Gasteiger partial charge on any atom is -0.379 e. The lowest BCUT2D eigenvalue weighted by Gasteiger charge is -2.26. The van der Waals surface area contributed by atoms with Gasteiger partial charge in [-0.25, -0.2) is 13.4 Å². The summed E-state index contributed by atoms with van der Waals surface area (Å²) in [6, 6.07) is 6.12. The van der Waals surface area contributed by atoms with Crippen LogP contribution >= 0.6 is 11.3 Å². The van der Waals surface area contributed by atoms with Crippen molar-refractivity contribution in [2.45, 2.75) is 31.2 Å². The first-order valence-corrected chi connectivity index (χ1v) is 11.1. The van der Waals surface area contributed by atoms with Crippen molar-refractivity contribution < 1.29 is 17.9 Å². The van der Waals surface area contributed by atoms with E-state index in [9.17, 15) is 13.2 Å². The van der Waals surface area contributed by atoms with Gasteiger partial charge in [0.1, 0.15) is 0 Å². The molecule has 0 bridgehead atoms. The van der Waals surface area contributed by atoms with Gasteiger partial charge in [0.2, 0.25) is 10.0 Å². The Kier molecular flexibility index (Phi) is 6.25. The zero-order valence-corrected chi connectivity index (χ0v) is 17.0. The second-order valence-corrected chi connectivity index (χ2v) is 9.39. The van der Waals surface area contributed by atoms with E-state index in [1.807, 2.05) is 5.38 Å². The van der Waals surface area contributed by atoms with Crippen LogP contribution in [0.25, 0.3) is 0 Å². The second kappa shape index (κ2) is 8.47. The molecule has 0 atom stereocenters. The van der Waals surface area contributed by atoms with Gasteiger partial charge in [-0.1, -0.05) is 19.9 Å². The molecule has 0 aliphatic carbocycles. The number of nitrogens with one attached hydrogen (secondary N) is 1. The molecule has 0 spiro atoms. The monoisotopic (exact) mass is 409 g/mol. The number of ether oxygens (including phenoxy) is 1. The number of thiazole rings is 1. The van der Waals surface area contributed by atoms with Gasteiger partial charge < -0.3 is 10.1 Å². The van der Waals surface area contributed by atoms with E-state index in [0.717, 1.165) is 10.7 Å². The predicted octanol–water partition coefficient (Wildman–Crippen LogP) is 2.22. The molecule has 1 saturated heterocycles. The number of hydrogen-bond donors (Lipinski definition) is 1. The number of amides is 1. The van der Waals surface area contributed by atoms with E-state index in [0.29, 0.717) is 44.3 Å². The van der Waals surface area contributed by atoms with Gasteiger partial charge in [-0.3, -0.25) is 4.79 Å². The SMILES string of the molecule is CC(C)c1nc(CNC(=O)c2cccc(S(=O)(=O)N3CCOCC3)c2)cs1. The molecule has 1 fully saturated rings. The molecule has 146 valence electrons. The molecule has 1 N–H and O–H groups in total. The maximum absolute atomic E-state index is 12.7. The molecule has 0 unspecified atom stereocenters. The molecular weight excluding hydrogens is 386 g/mol. The van der Waals surface area contributed by atoms with Crippen LogP contribution in [0.1, 0.15) is 40.8 Å². The Bertz CT molecular complexity index is 903. The summed E-state index contributed by atoms with van der Waals surface area (Å²) in [5.74, 6) is 0.0228. The Morgan fingerprint density at radius 3 is 2.74 bits per heavy atom. The molecular formula is C18H23N3O4S2. The fraction of sp³-hybridized carbons (Fsp3) is 0.444. The van der Waals surface area contributed by atoms with Gasteiger partial charge in [-0.2, -0.15) is 4.31 Å². The van der Waals surface area contributed by atoms with Crippen LogP contribution in [0.3, 0.4) is 0 Å². The first-order chi connectivity index (χ1) is 12.9. The van der Waals surface area contributed by atoms with Gasteiger partial charge in [0.25, 0.3) is 5.91 Å². The van der Waals surface area contributed by atoms with E-state index >= 15 is 0 Å². The molecule has 7 nitrogen and oxygen atoms in total. The Balaban J connectivity index is 1.69. The number of carbonyl (C=O) groups excluding carboxylic acids is 1. The quantitative estimate of drug-likeness (QED) is 0.790. The maximum atomic E-state index is 12.7. The van der Waals surface area contributed by atoms with Crippen LogP contribution in [0.15, 0.2) is 34.5 Å². The summed E-state index contributed by atoms with van der Waals surface area (Å²) in [5.41, 5.74) is 1.11. The molecule has 27 heavy (non-hydrogen) atoms. The summed E-state index contributed by atoms with van der Waals surface area (Å²) in [4.78, 5) is 17.1. The van der Waals surface area contributed by atoms with Crippen molar-refractivity contribution in [3.63, 3.8) is 0 Å². The number of aromatic nitrogens is 1. The minimum absolute atomic E-state index is 0.118. The van der Waals surface area contributed by atoms with E-state index in [-0.39, 0.29) is 10.8 Å². The highest BCUT2D eigenvalue weighted by molar-refractivity contribution is 7.89. The van der Waals surface area contributed by atoms with E-state index in [4.69, 9.17) is 4.74 Å². The van der Waals surface area contributed by atoms with Crippen molar-refractivity contribution in [2.24, 2.45) is 0 Å². The Labute approximate surface area is 163 Å². The summed E-state index contributed by atoms with van der Waals surface area (Å²) in [7, 11) is -3.63. The number of morpholine rings is 1. The number of rotatable bonds is 6. The number of sulfonamides is 1. The lowest BCUT2D eigenvalue weighted by atomic mass is 10.2. The fourth-order valence-corrected chi connectivity index (χ4v) is 4.97. The van der Waals surface area contributed by atoms with Gasteiger partial charge in [-0.15, -0.1) is 11.3 Å². The maximum Gasteiger partial charge on any atom is 0.251 e. The molecule has 1 amide bonds. The highest BCUT2D eigenvalue weighted by Gasteiger charge is 2.26. The second-order valence-electron chi connectivity index (χ2n) is 6.56. The lowest BCUT2D eigenvalue weighted by molar-refractivity contribution is 0.0730. The summed E-state index contributed by atoms with van der Waals surface area (Å²) >= 11 is 1.57. The van der Waals surface area contributed by atoms with Crippen LogP contribution < -0.4 is 5.32 Å². The van der Waals surface area contributed by atoms with Gasteiger partial charge in [0, 0.05) is 30.0 Å². The van der Waals surface area contributed by atoms with Crippen molar-refractivity contribution in [3.8, 4) is 0 Å². The van der Waals surface area contributed by atoms with Gasteiger partial charge in [-0.05, 0) is 18.2 Å². The highest BCUT2D eigenvalue weighted by atomic mass is 32.2. The van der Waals surface area contributed by atoms with Gasteiger partial charge in [0.05, 0.1) is 35.4 Å². The smallest absolute Gasteiger partial charge is 0.251 e. The van der Waals surface area contributed by atoms with E-state index in [1.165, 1.54) is 16.4 Å². The van der Waals surface area contributed by atoms with Crippen LogP contribution in [0.5, 0.6) is 0 Å². The lowest BCUT2D eigenvalue weighted by Crippen LogP contribution is -2.40. The number of benzene rings is 1. The first-order valence-electron chi connectivity index (χ1n) is 8.78. The Hall–Kier alpha value is -1.81. The highest BCUT2D eigenvalue weighted by Crippen LogP contribution is 2.20. The molecule has 9 heteroatoms. The third-order valence-electron chi connectivity index (χ3n) is 4.20. The molecule has 1 aliphatic rings. The third-order valence-corrected chi connectivity index (χ3v) is 7.29. The van der Waals surface area contributed by atoms with E-state index < -0.39 is 10.0 Å². The van der Waals surface area contributed by atoms with Crippen LogP contribution in [-0.4, -0.2) is 49.9 Å². The van der Waals surface area contributed by atoms with Gasteiger partial charge >= 0.3 is 0 Å².